The largest absolute Gasteiger partial charge is 0.324 e. The highest BCUT2D eigenvalue weighted by Gasteiger charge is 2.11. The molecule has 0 aliphatic heterocycles. The van der Waals surface area contributed by atoms with Crippen LogP contribution in [0.4, 0.5) is 5.69 Å². The average molecular weight is 228 g/mol. The fourth-order valence-electron chi connectivity index (χ4n) is 1.71. The van der Waals surface area contributed by atoms with Crippen molar-refractivity contribution < 1.29 is 4.79 Å². The second kappa shape index (κ2) is 4.97. The minimum Gasteiger partial charge on any atom is -0.324 e. The molecule has 3 nitrogen and oxygen atoms in total. The first-order valence-electron chi connectivity index (χ1n) is 5.68. The molecule has 17 heavy (non-hydrogen) atoms. The van der Waals surface area contributed by atoms with Crippen molar-refractivity contribution in [3.63, 3.8) is 0 Å². The van der Waals surface area contributed by atoms with E-state index in [0.717, 1.165) is 16.5 Å². The van der Waals surface area contributed by atoms with Gasteiger partial charge in [-0.05, 0) is 25.4 Å². The molecule has 0 aliphatic carbocycles. The van der Waals surface area contributed by atoms with Crippen molar-refractivity contribution >= 4 is 22.4 Å². The van der Waals surface area contributed by atoms with Gasteiger partial charge in [0.1, 0.15) is 0 Å². The van der Waals surface area contributed by atoms with E-state index >= 15 is 0 Å². The lowest BCUT2D eigenvalue weighted by Crippen LogP contribution is -2.35. The molecule has 0 unspecified atom stereocenters. The van der Waals surface area contributed by atoms with E-state index in [9.17, 15) is 4.79 Å². The van der Waals surface area contributed by atoms with Crippen molar-refractivity contribution in [1.29, 1.82) is 0 Å². The number of likely N-dealkylation sites (N-methyl/N-ethyl adjacent to an activating group) is 1. The van der Waals surface area contributed by atoms with Gasteiger partial charge in [0.05, 0.1) is 6.04 Å². The normalized spacial score (nSPS) is 12.4. The molecule has 1 atom stereocenters. The summed E-state index contributed by atoms with van der Waals surface area (Å²) in [6.07, 6.45) is 0. The number of hydrogen-bond acceptors (Lipinski definition) is 2. The van der Waals surface area contributed by atoms with E-state index in [1.807, 2.05) is 49.4 Å². The molecule has 0 spiro atoms. The predicted molar refractivity (Wildman–Crippen MR) is 71.1 cm³/mol. The highest BCUT2D eigenvalue weighted by Crippen LogP contribution is 2.22. The van der Waals surface area contributed by atoms with Crippen LogP contribution in [0.3, 0.4) is 0 Å². The Hall–Kier alpha value is -1.87. The summed E-state index contributed by atoms with van der Waals surface area (Å²) in [6.45, 7) is 1.83. The number of nitrogens with one attached hydrogen (secondary N) is 2. The first-order valence-corrected chi connectivity index (χ1v) is 5.68. The number of fused-ring (bicyclic) bond motifs is 1. The van der Waals surface area contributed by atoms with Gasteiger partial charge in [-0.3, -0.25) is 4.79 Å². The molecule has 3 heteroatoms. The topological polar surface area (TPSA) is 41.1 Å². The summed E-state index contributed by atoms with van der Waals surface area (Å²) in [5.41, 5.74) is 0.857. The van der Waals surface area contributed by atoms with Gasteiger partial charge in [0.15, 0.2) is 0 Å². The molecule has 2 aromatic carbocycles. The summed E-state index contributed by atoms with van der Waals surface area (Å²) in [6, 6.07) is 13.7. The van der Waals surface area contributed by atoms with Crippen LogP contribution in [0.15, 0.2) is 42.5 Å². The van der Waals surface area contributed by atoms with E-state index in [2.05, 4.69) is 10.6 Å². The Balaban J connectivity index is 2.33. The summed E-state index contributed by atoms with van der Waals surface area (Å²) in [5.74, 6) is -0.0242. The van der Waals surface area contributed by atoms with Crippen LogP contribution in [0.2, 0.25) is 0 Å². The molecular formula is C14H16N2O. The predicted octanol–water partition coefficient (Wildman–Crippen LogP) is 2.39. The first-order chi connectivity index (χ1) is 8.22. The number of rotatable bonds is 3. The zero-order valence-electron chi connectivity index (χ0n) is 10.0. The highest BCUT2D eigenvalue weighted by atomic mass is 16.2. The van der Waals surface area contributed by atoms with Crippen molar-refractivity contribution in [2.24, 2.45) is 0 Å². The maximum Gasteiger partial charge on any atom is 0.241 e. The Bertz CT molecular complexity index is 531. The summed E-state index contributed by atoms with van der Waals surface area (Å²) < 4.78 is 0. The Morgan fingerprint density at radius 2 is 1.82 bits per heavy atom. The quantitative estimate of drug-likeness (QED) is 0.847. The minimum absolute atomic E-state index is 0.0242. The van der Waals surface area contributed by atoms with Gasteiger partial charge < -0.3 is 10.6 Å². The van der Waals surface area contributed by atoms with E-state index in [1.54, 1.807) is 7.05 Å². The number of benzene rings is 2. The number of anilines is 1. The second-order valence-electron chi connectivity index (χ2n) is 4.03. The van der Waals surface area contributed by atoms with Crippen LogP contribution in [0, 0.1) is 0 Å². The third-order valence-electron chi connectivity index (χ3n) is 2.87. The molecule has 0 radical (unpaired) electrons. The Morgan fingerprint density at radius 1 is 1.12 bits per heavy atom. The van der Waals surface area contributed by atoms with Crippen molar-refractivity contribution in [2.45, 2.75) is 13.0 Å². The fourth-order valence-corrected chi connectivity index (χ4v) is 1.71. The molecule has 0 heterocycles. The SMILES string of the molecule is CN[C@@H](C)C(=O)Nc1cccc2ccccc12. The molecule has 0 saturated carbocycles. The van der Waals surface area contributed by atoms with Crippen LogP contribution in [-0.4, -0.2) is 19.0 Å². The third kappa shape index (κ3) is 2.45. The van der Waals surface area contributed by atoms with Gasteiger partial charge in [-0.2, -0.15) is 0 Å². The number of carbonyl (C=O) groups is 1. The molecule has 2 aromatic rings. The van der Waals surface area contributed by atoms with E-state index in [4.69, 9.17) is 0 Å². The van der Waals surface area contributed by atoms with E-state index in [1.165, 1.54) is 0 Å². The van der Waals surface area contributed by atoms with Crippen molar-refractivity contribution in [1.82, 2.24) is 5.32 Å². The van der Waals surface area contributed by atoms with Crippen LogP contribution < -0.4 is 10.6 Å². The molecule has 2 rings (SSSR count). The van der Waals surface area contributed by atoms with Crippen LogP contribution >= 0.6 is 0 Å². The molecular weight excluding hydrogens is 212 g/mol. The Labute approximate surface area is 101 Å². The van der Waals surface area contributed by atoms with Crippen LogP contribution in [0.25, 0.3) is 10.8 Å². The zero-order valence-corrected chi connectivity index (χ0v) is 10.0. The summed E-state index contributed by atoms with van der Waals surface area (Å²) in [7, 11) is 1.77. The molecule has 88 valence electrons. The summed E-state index contributed by atoms with van der Waals surface area (Å²) in [5, 5.41) is 8.04. The highest BCUT2D eigenvalue weighted by molar-refractivity contribution is 6.03. The summed E-state index contributed by atoms with van der Waals surface area (Å²) >= 11 is 0. The minimum atomic E-state index is -0.200. The van der Waals surface area contributed by atoms with Crippen LogP contribution in [-0.2, 0) is 4.79 Å². The maximum atomic E-state index is 11.8. The van der Waals surface area contributed by atoms with E-state index in [0.29, 0.717) is 0 Å². The van der Waals surface area contributed by atoms with Crippen molar-refractivity contribution in [3.05, 3.63) is 42.5 Å². The molecule has 0 bridgehead atoms. The number of amides is 1. The molecule has 0 saturated heterocycles. The van der Waals surface area contributed by atoms with Crippen LogP contribution in [0.1, 0.15) is 6.92 Å². The van der Waals surface area contributed by atoms with E-state index < -0.39 is 0 Å². The molecule has 0 aliphatic rings. The van der Waals surface area contributed by atoms with Gasteiger partial charge in [0, 0.05) is 11.1 Å². The van der Waals surface area contributed by atoms with Gasteiger partial charge in [-0.1, -0.05) is 36.4 Å². The maximum absolute atomic E-state index is 11.8. The smallest absolute Gasteiger partial charge is 0.241 e. The van der Waals surface area contributed by atoms with Gasteiger partial charge in [-0.15, -0.1) is 0 Å². The lowest BCUT2D eigenvalue weighted by atomic mass is 10.1. The number of carbonyl (C=O) groups excluding carboxylic acids is 1. The average Bonchev–Trinajstić information content (AvgIpc) is 2.38. The van der Waals surface area contributed by atoms with Crippen molar-refractivity contribution in [2.75, 3.05) is 12.4 Å². The second-order valence-corrected chi connectivity index (χ2v) is 4.03. The zero-order chi connectivity index (χ0) is 12.3. The van der Waals surface area contributed by atoms with Gasteiger partial charge >= 0.3 is 0 Å². The Morgan fingerprint density at radius 3 is 2.59 bits per heavy atom. The van der Waals surface area contributed by atoms with Gasteiger partial charge in [0.25, 0.3) is 0 Å². The molecule has 2 N–H and O–H groups in total. The molecule has 1 amide bonds. The fraction of sp³-hybridized carbons (Fsp3) is 0.214. The third-order valence-corrected chi connectivity index (χ3v) is 2.87. The lowest BCUT2D eigenvalue weighted by Gasteiger charge is -2.12. The Kier molecular flexibility index (Phi) is 3.40. The lowest BCUT2D eigenvalue weighted by molar-refractivity contribution is -0.117. The van der Waals surface area contributed by atoms with Crippen LogP contribution in [0.5, 0.6) is 0 Å². The standard InChI is InChI=1S/C14H16N2O/c1-10(15-2)14(17)16-13-9-5-7-11-6-3-4-8-12(11)13/h3-10,15H,1-2H3,(H,16,17)/t10-/m0/s1. The number of hydrogen-bond donors (Lipinski definition) is 2. The van der Waals surface area contributed by atoms with Gasteiger partial charge in [-0.25, -0.2) is 0 Å². The van der Waals surface area contributed by atoms with Gasteiger partial charge in [0.2, 0.25) is 5.91 Å². The van der Waals surface area contributed by atoms with Crippen molar-refractivity contribution in [3.8, 4) is 0 Å². The monoisotopic (exact) mass is 228 g/mol. The molecule has 0 aromatic heterocycles. The van der Waals surface area contributed by atoms with E-state index in [-0.39, 0.29) is 11.9 Å². The molecule has 0 fully saturated rings. The summed E-state index contributed by atoms with van der Waals surface area (Å²) in [4.78, 5) is 11.8. The first kappa shape index (κ1) is 11.6.